The van der Waals surface area contributed by atoms with Crippen LogP contribution in [0.1, 0.15) is 102 Å². The van der Waals surface area contributed by atoms with Crippen molar-refractivity contribution < 1.29 is 33.8 Å². The Hall–Kier alpha value is -2.16. The van der Waals surface area contributed by atoms with Gasteiger partial charge in [-0.2, -0.15) is 0 Å². The van der Waals surface area contributed by atoms with Crippen molar-refractivity contribution in [2.24, 2.45) is 0 Å². The molecule has 2 aromatic carbocycles. The molecule has 7 heteroatoms. The van der Waals surface area contributed by atoms with Crippen LogP contribution in [0, 0.1) is 0 Å². The van der Waals surface area contributed by atoms with Gasteiger partial charge in [0.25, 0.3) is 0 Å². The monoisotopic (exact) mass is 602 g/mol. The van der Waals surface area contributed by atoms with Gasteiger partial charge in [0, 0.05) is 0 Å². The number of aryl methyl sites for hydroxylation is 2. The first-order chi connectivity index (χ1) is 21.3. The van der Waals surface area contributed by atoms with Gasteiger partial charge in [0.15, 0.2) is 0 Å². The summed E-state index contributed by atoms with van der Waals surface area (Å²) in [5.41, 5.74) is 2.54. The quantitative estimate of drug-likeness (QED) is 0.0503. The van der Waals surface area contributed by atoms with Gasteiger partial charge >= 0.3 is 0 Å². The van der Waals surface area contributed by atoms with Crippen molar-refractivity contribution in [1.29, 1.82) is 0 Å². The largest absolute Gasteiger partial charge is 0.491 e. The Morgan fingerprint density at radius 1 is 0.419 bits per heavy atom. The summed E-state index contributed by atoms with van der Waals surface area (Å²) >= 11 is 0. The molecule has 7 nitrogen and oxygen atoms in total. The molecule has 2 aromatic rings. The van der Waals surface area contributed by atoms with E-state index in [1.54, 1.807) is 0 Å². The van der Waals surface area contributed by atoms with Crippen molar-refractivity contribution in [3.63, 3.8) is 0 Å². The normalized spacial score (nSPS) is 11.2. The van der Waals surface area contributed by atoms with E-state index in [4.69, 9.17) is 33.8 Å². The van der Waals surface area contributed by atoms with Gasteiger partial charge in [-0.05, 0) is 48.9 Å². The van der Waals surface area contributed by atoms with Crippen LogP contribution < -0.4 is 9.47 Å². The predicted molar refractivity (Wildman–Crippen MR) is 173 cm³/mol. The van der Waals surface area contributed by atoms with E-state index >= 15 is 0 Å². The highest BCUT2D eigenvalue weighted by Crippen LogP contribution is 2.22. The van der Waals surface area contributed by atoms with Crippen LogP contribution in [0.5, 0.6) is 11.5 Å². The van der Waals surface area contributed by atoms with Crippen LogP contribution in [0.25, 0.3) is 0 Å². The van der Waals surface area contributed by atoms with Gasteiger partial charge in [0.2, 0.25) is 0 Å². The van der Waals surface area contributed by atoms with E-state index in [0.29, 0.717) is 39.6 Å². The Bertz CT molecular complexity index is 820. The molecule has 0 amide bonds. The third kappa shape index (κ3) is 19.7. The molecule has 0 heterocycles. The molecular weight excluding hydrogens is 544 g/mol. The molecule has 0 N–H and O–H groups in total. The van der Waals surface area contributed by atoms with Gasteiger partial charge in [0.1, 0.15) is 37.9 Å². The lowest BCUT2D eigenvalue weighted by Crippen LogP contribution is -2.13. The van der Waals surface area contributed by atoms with Crippen molar-refractivity contribution in [2.45, 2.75) is 104 Å². The molecule has 0 radical (unpaired) electrons. The van der Waals surface area contributed by atoms with E-state index < -0.39 is 0 Å². The average molecular weight is 603 g/mol. The van der Waals surface area contributed by atoms with Crippen molar-refractivity contribution in [1.82, 2.24) is 0 Å². The van der Waals surface area contributed by atoms with E-state index in [1.807, 2.05) is 24.3 Å². The summed E-state index contributed by atoms with van der Waals surface area (Å²) in [7, 11) is 0. The third-order valence-corrected chi connectivity index (χ3v) is 7.23. The highest BCUT2D eigenvalue weighted by molar-refractivity contribution is 5.34. The Labute approximate surface area is 261 Å². The van der Waals surface area contributed by atoms with Crippen LogP contribution in [0.3, 0.4) is 0 Å². The minimum atomic E-state index is 0.265. The second-order valence-corrected chi connectivity index (χ2v) is 10.9. The summed E-state index contributed by atoms with van der Waals surface area (Å²) in [6, 6.07) is 16.6. The van der Waals surface area contributed by atoms with Crippen LogP contribution >= 0.6 is 0 Å². The maximum atomic E-state index is 5.95. The zero-order valence-electron chi connectivity index (χ0n) is 27.0. The molecule has 0 fully saturated rings. The Morgan fingerprint density at radius 2 is 0.814 bits per heavy atom. The van der Waals surface area contributed by atoms with Gasteiger partial charge in [-0.25, -0.2) is 9.78 Å². The fourth-order valence-electron chi connectivity index (χ4n) is 4.81. The number of hydrogen-bond acceptors (Lipinski definition) is 7. The minimum absolute atomic E-state index is 0.265. The van der Waals surface area contributed by atoms with Gasteiger partial charge in [0.05, 0.1) is 26.4 Å². The number of para-hydroxylation sites is 2. The average Bonchev–Trinajstić information content (AvgIpc) is 3.03. The SMILES string of the molecule is CCCCCCCCc1ccccc1OCCOCCOOOCCOCCOc1ccccc1CCCCCCCC. The van der Waals surface area contributed by atoms with Crippen molar-refractivity contribution in [3.8, 4) is 11.5 Å². The lowest BCUT2D eigenvalue weighted by atomic mass is 10.0. The van der Waals surface area contributed by atoms with E-state index in [0.717, 1.165) is 24.3 Å². The van der Waals surface area contributed by atoms with Crippen molar-refractivity contribution in [3.05, 3.63) is 59.7 Å². The number of rotatable bonds is 30. The van der Waals surface area contributed by atoms with Crippen LogP contribution in [0.4, 0.5) is 0 Å². The maximum absolute atomic E-state index is 5.95. The molecule has 0 atom stereocenters. The highest BCUT2D eigenvalue weighted by Gasteiger charge is 2.05. The molecule has 0 bridgehead atoms. The molecule has 244 valence electrons. The number of benzene rings is 2. The standard InChI is InChI=1S/C36H58O7/c1-3-5-7-9-11-13-19-33-21-15-17-23-35(33)39-29-25-37-27-31-41-43-42-32-28-38-26-30-40-36-24-18-16-22-34(36)20-14-12-10-8-6-4-2/h15-18,21-24H,3-14,19-20,25-32H2,1-2H3. The third-order valence-electron chi connectivity index (χ3n) is 7.23. The van der Waals surface area contributed by atoms with Gasteiger partial charge in [-0.3, -0.25) is 0 Å². The maximum Gasteiger partial charge on any atom is 0.122 e. The highest BCUT2D eigenvalue weighted by atomic mass is 17.5. The topological polar surface area (TPSA) is 64.6 Å². The van der Waals surface area contributed by atoms with Crippen LogP contribution in [0.2, 0.25) is 0 Å². The molecule has 0 spiro atoms. The first-order valence-electron chi connectivity index (χ1n) is 16.8. The summed E-state index contributed by atoms with van der Waals surface area (Å²) < 4.78 is 23.0. The zero-order chi connectivity index (χ0) is 30.5. The molecule has 0 aliphatic carbocycles. The van der Waals surface area contributed by atoms with E-state index in [-0.39, 0.29) is 13.2 Å². The molecule has 0 aliphatic rings. The molecule has 43 heavy (non-hydrogen) atoms. The lowest BCUT2D eigenvalue weighted by Gasteiger charge is -2.12. The lowest BCUT2D eigenvalue weighted by molar-refractivity contribution is -0.514. The molecule has 0 saturated carbocycles. The van der Waals surface area contributed by atoms with Crippen LogP contribution in [-0.4, -0.2) is 52.9 Å². The fourth-order valence-corrected chi connectivity index (χ4v) is 4.81. The Balaban J connectivity index is 1.38. The molecule has 0 aliphatic heterocycles. The van der Waals surface area contributed by atoms with Crippen molar-refractivity contribution in [2.75, 3.05) is 52.9 Å². The van der Waals surface area contributed by atoms with Gasteiger partial charge in [-0.15, -0.1) is 0 Å². The Kier molecular flexibility index (Phi) is 23.6. The first-order valence-corrected chi connectivity index (χ1v) is 16.8. The fraction of sp³-hybridized carbons (Fsp3) is 0.667. The van der Waals surface area contributed by atoms with Gasteiger partial charge < -0.3 is 18.9 Å². The van der Waals surface area contributed by atoms with Crippen LogP contribution in [-0.2, 0) is 37.1 Å². The first kappa shape index (κ1) is 37.0. The van der Waals surface area contributed by atoms with Crippen molar-refractivity contribution >= 4 is 0 Å². The molecule has 0 unspecified atom stereocenters. The predicted octanol–water partition coefficient (Wildman–Crippen LogP) is 8.86. The second-order valence-electron chi connectivity index (χ2n) is 10.9. The summed E-state index contributed by atoms with van der Waals surface area (Å²) in [6.07, 6.45) is 17.6. The summed E-state index contributed by atoms with van der Waals surface area (Å²) in [5, 5.41) is 4.73. The van der Waals surface area contributed by atoms with E-state index in [9.17, 15) is 0 Å². The minimum Gasteiger partial charge on any atom is -0.491 e. The summed E-state index contributed by atoms with van der Waals surface area (Å²) in [5.74, 6) is 1.91. The molecular formula is C36H58O7. The summed E-state index contributed by atoms with van der Waals surface area (Å²) in [4.78, 5) is 9.97. The van der Waals surface area contributed by atoms with E-state index in [2.05, 4.69) is 38.1 Å². The number of unbranched alkanes of at least 4 members (excludes halogenated alkanes) is 10. The zero-order valence-corrected chi connectivity index (χ0v) is 27.0. The molecule has 2 rings (SSSR count). The Morgan fingerprint density at radius 3 is 1.28 bits per heavy atom. The number of ether oxygens (including phenoxy) is 4. The van der Waals surface area contributed by atoms with E-state index in [1.165, 1.54) is 88.2 Å². The van der Waals surface area contributed by atoms with Crippen LogP contribution in [0.15, 0.2) is 48.5 Å². The summed E-state index contributed by atoms with van der Waals surface area (Å²) in [6.45, 7) is 7.77. The molecule has 0 aromatic heterocycles. The second kappa shape index (κ2) is 27.4. The van der Waals surface area contributed by atoms with Gasteiger partial charge in [-0.1, -0.05) is 119 Å². The molecule has 0 saturated heterocycles. The number of hydrogen-bond donors (Lipinski definition) is 0. The smallest absolute Gasteiger partial charge is 0.122 e.